The molecule has 0 saturated carbocycles. The second kappa shape index (κ2) is 11.3. The zero-order valence-corrected chi connectivity index (χ0v) is 19.9. The molecular weight excluding hydrogens is 472 g/mol. The highest BCUT2D eigenvalue weighted by Gasteiger charge is 2.27. The van der Waals surface area contributed by atoms with Crippen LogP contribution in [0.1, 0.15) is 19.4 Å². The van der Waals surface area contributed by atoms with E-state index in [4.69, 9.17) is 4.74 Å². The predicted octanol–water partition coefficient (Wildman–Crippen LogP) is 3.73. The summed E-state index contributed by atoms with van der Waals surface area (Å²) in [5.41, 5.74) is 3.26. The van der Waals surface area contributed by atoms with Crippen LogP contribution in [0.4, 0.5) is 11.4 Å². The molecule has 0 aliphatic rings. The van der Waals surface area contributed by atoms with Gasteiger partial charge < -0.3 is 4.74 Å². The van der Waals surface area contributed by atoms with Gasteiger partial charge in [0.15, 0.2) is 0 Å². The van der Waals surface area contributed by atoms with E-state index in [1.807, 2.05) is 6.92 Å². The zero-order chi connectivity index (χ0) is 25.4. The van der Waals surface area contributed by atoms with Crippen molar-refractivity contribution in [2.45, 2.75) is 18.7 Å². The van der Waals surface area contributed by atoms with Crippen molar-refractivity contribution in [1.82, 2.24) is 5.43 Å². The van der Waals surface area contributed by atoms with E-state index in [-0.39, 0.29) is 16.3 Å². The van der Waals surface area contributed by atoms with Crippen molar-refractivity contribution in [2.75, 3.05) is 17.5 Å². The lowest BCUT2D eigenvalue weighted by Crippen LogP contribution is -2.39. The number of sulfonamides is 1. The Balaban J connectivity index is 1.85. The Morgan fingerprint density at radius 3 is 2.37 bits per heavy atom. The SMILES string of the molecule is CCOc1ccc(N(CC(=O)N/N=C(/C)c2cccc([N+](=O)[O-])c2)S(=O)(=O)c2ccccc2)cc1. The number of non-ortho nitro benzene ring substituents is 1. The molecule has 0 aromatic heterocycles. The van der Waals surface area contributed by atoms with E-state index in [9.17, 15) is 23.3 Å². The molecule has 3 aromatic carbocycles. The number of nitro benzene ring substituents is 1. The van der Waals surface area contributed by atoms with Gasteiger partial charge in [-0.1, -0.05) is 30.3 Å². The summed E-state index contributed by atoms with van der Waals surface area (Å²) in [5, 5.41) is 15.0. The van der Waals surface area contributed by atoms with Gasteiger partial charge in [-0.25, -0.2) is 13.8 Å². The van der Waals surface area contributed by atoms with Crippen LogP contribution in [0, 0.1) is 10.1 Å². The molecule has 11 heteroatoms. The van der Waals surface area contributed by atoms with Crippen LogP contribution in [-0.4, -0.2) is 38.1 Å². The number of carbonyl (C=O) groups is 1. The maximum Gasteiger partial charge on any atom is 0.270 e. The van der Waals surface area contributed by atoms with Gasteiger partial charge in [0.2, 0.25) is 0 Å². The Morgan fingerprint density at radius 2 is 1.74 bits per heavy atom. The lowest BCUT2D eigenvalue weighted by Gasteiger charge is -2.24. The van der Waals surface area contributed by atoms with E-state index in [2.05, 4.69) is 10.5 Å². The summed E-state index contributed by atoms with van der Waals surface area (Å²) in [6.45, 7) is 3.32. The molecule has 1 amide bonds. The molecule has 0 bridgehead atoms. The van der Waals surface area contributed by atoms with Crippen molar-refractivity contribution >= 4 is 33.0 Å². The smallest absolute Gasteiger partial charge is 0.270 e. The number of nitrogens with zero attached hydrogens (tertiary/aromatic N) is 3. The van der Waals surface area contributed by atoms with Crippen molar-refractivity contribution in [2.24, 2.45) is 5.10 Å². The molecule has 0 fully saturated rings. The molecule has 0 radical (unpaired) electrons. The summed E-state index contributed by atoms with van der Waals surface area (Å²) in [6.07, 6.45) is 0. The summed E-state index contributed by atoms with van der Waals surface area (Å²) in [5.74, 6) is -0.127. The molecule has 3 aromatic rings. The second-order valence-corrected chi connectivity index (χ2v) is 9.15. The third kappa shape index (κ3) is 6.42. The fraction of sp³-hybridized carbons (Fsp3) is 0.167. The molecular formula is C24H24N4O6S. The van der Waals surface area contributed by atoms with E-state index in [0.29, 0.717) is 23.6 Å². The lowest BCUT2D eigenvalue weighted by atomic mass is 10.1. The summed E-state index contributed by atoms with van der Waals surface area (Å²) < 4.78 is 33.1. The molecule has 1 N–H and O–H groups in total. The van der Waals surface area contributed by atoms with Crippen LogP contribution in [-0.2, 0) is 14.8 Å². The highest BCUT2D eigenvalue weighted by atomic mass is 32.2. The van der Waals surface area contributed by atoms with Crippen LogP contribution in [0.25, 0.3) is 0 Å². The van der Waals surface area contributed by atoms with Gasteiger partial charge in [-0.05, 0) is 50.2 Å². The fourth-order valence-corrected chi connectivity index (χ4v) is 4.57. The number of rotatable bonds is 10. The molecule has 35 heavy (non-hydrogen) atoms. The number of benzene rings is 3. The van der Waals surface area contributed by atoms with Crippen LogP contribution in [0.2, 0.25) is 0 Å². The van der Waals surface area contributed by atoms with E-state index >= 15 is 0 Å². The van der Waals surface area contributed by atoms with Gasteiger partial charge in [-0.15, -0.1) is 0 Å². The van der Waals surface area contributed by atoms with E-state index in [1.54, 1.807) is 55.5 Å². The third-order valence-corrected chi connectivity index (χ3v) is 6.67. The number of amides is 1. The van der Waals surface area contributed by atoms with Crippen molar-refractivity contribution in [3.63, 3.8) is 0 Å². The van der Waals surface area contributed by atoms with Crippen LogP contribution in [0.3, 0.4) is 0 Å². The average molecular weight is 497 g/mol. The molecule has 0 atom stereocenters. The summed E-state index contributed by atoms with van der Waals surface area (Å²) in [7, 11) is -4.07. The quantitative estimate of drug-likeness (QED) is 0.258. The topological polar surface area (TPSA) is 131 Å². The molecule has 0 heterocycles. The number of nitro groups is 1. The van der Waals surface area contributed by atoms with Gasteiger partial charge in [0.1, 0.15) is 12.3 Å². The van der Waals surface area contributed by atoms with E-state index in [1.165, 1.54) is 30.3 Å². The minimum atomic E-state index is -4.07. The van der Waals surface area contributed by atoms with E-state index in [0.717, 1.165) is 4.31 Å². The lowest BCUT2D eigenvalue weighted by molar-refractivity contribution is -0.384. The van der Waals surface area contributed by atoms with Crippen molar-refractivity contribution in [1.29, 1.82) is 0 Å². The van der Waals surface area contributed by atoms with Gasteiger partial charge in [-0.2, -0.15) is 5.10 Å². The monoisotopic (exact) mass is 496 g/mol. The first-order valence-corrected chi connectivity index (χ1v) is 12.0. The number of hydrazone groups is 1. The van der Waals surface area contributed by atoms with Crippen LogP contribution in [0.15, 0.2) is 88.9 Å². The first-order valence-electron chi connectivity index (χ1n) is 10.6. The zero-order valence-electron chi connectivity index (χ0n) is 19.1. The third-order valence-electron chi connectivity index (χ3n) is 4.88. The number of carbonyl (C=O) groups excluding carboxylic acids is 1. The highest BCUT2D eigenvalue weighted by Crippen LogP contribution is 2.25. The maximum atomic E-state index is 13.4. The molecule has 0 aliphatic heterocycles. The van der Waals surface area contributed by atoms with Gasteiger partial charge in [0.25, 0.3) is 21.6 Å². The number of ether oxygens (including phenoxy) is 1. The fourth-order valence-electron chi connectivity index (χ4n) is 3.13. The second-order valence-electron chi connectivity index (χ2n) is 7.29. The minimum absolute atomic E-state index is 0.0259. The Labute approximate surface area is 203 Å². The average Bonchev–Trinajstić information content (AvgIpc) is 2.87. The van der Waals surface area contributed by atoms with Gasteiger partial charge in [0, 0.05) is 17.7 Å². The summed E-state index contributed by atoms with van der Waals surface area (Å²) in [4.78, 5) is 23.2. The first kappa shape index (κ1) is 25.4. The Kier molecular flexibility index (Phi) is 8.16. The van der Waals surface area contributed by atoms with Crippen LogP contribution in [0.5, 0.6) is 5.75 Å². The minimum Gasteiger partial charge on any atom is -0.494 e. The molecule has 0 aliphatic carbocycles. The maximum absolute atomic E-state index is 13.4. The largest absolute Gasteiger partial charge is 0.494 e. The molecule has 10 nitrogen and oxygen atoms in total. The van der Waals surface area contributed by atoms with E-state index < -0.39 is 27.4 Å². The molecule has 0 unspecified atom stereocenters. The number of anilines is 1. The normalized spacial score (nSPS) is 11.5. The Morgan fingerprint density at radius 1 is 1.06 bits per heavy atom. The van der Waals surface area contributed by atoms with Gasteiger partial charge >= 0.3 is 0 Å². The standard InChI is InChI=1S/C24H24N4O6S/c1-3-34-22-14-12-20(13-15-22)27(35(32,33)23-10-5-4-6-11-23)17-24(29)26-25-18(2)19-8-7-9-21(16-19)28(30)31/h4-16H,3,17H2,1-2H3,(H,26,29)/b25-18-. The molecule has 182 valence electrons. The Hall–Kier alpha value is -4.25. The molecule has 0 spiro atoms. The van der Waals surface area contributed by atoms with Crippen molar-refractivity contribution < 1.29 is 22.9 Å². The van der Waals surface area contributed by atoms with Crippen molar-refractivity contribution in [3.8, 4) is 5.75 Å². The number of nitrogens with one attached hydrogen (secondary N) is 1. The van der Waals surface area contributed by atoms with Crippen LogP contribution < -0.4 is 14.5 Å². The van der Waals surface area contributed by atoms with Crippen LogP contribution >= 0.6 is 0 Å². The highest BCUT2D eigenvalue weighted by molar-refractivity contribution is 7.92. The van der Waals surface area contributed by atoms with Crippen molar-refractivity contribution in [3.05, 3.63) is 94.5 Å². The number of hydrogen-bond acceptors (Lipinski definition) is 7. The number of hydrogen-bond donors (Lipinski definition) is 1. The Bertz CT molecular complexity index is 1330. The molecule has 0 saturated heterocycles. The van der Waals surface area contributed by atoms with Gasteiger partial charge in [0.05, 0.1) is 27.8 Å². The summed E-state index contributed by atoms with van der Waals surface area (Å²) in [6, 6.07) is 19.9. The summed E-state index contributed by atoms with van der Waals surface area (Å²) >= 11 is 0. The molecule has 3 rings (SSSR count). The first-order chi connectivity index (χ1) is 16.7. The van der Waals surface area contributed by atoms with Gasteiger partial charge in [-0.3, -0.25) is 19.2 Å². The predicted molar refractivity (Wildman–Crippen MR) is 132 cm³/mol.